The number of nitrogens with zero attached hydrogens (tertiary/aromatic N) is 4. The zero-order valence-electron chi connectivity index (χ0n) is 16.0. The van der Waals surface area contributed by atoms with Crippen LogP contribution >= 0.6 is 0 Å². The van der Waals surface area contributed by atoms with Crippen LogP contribution in [-0.2, 0) is 4.74 Å². The largest absolute Gasteiger partial charge is 0.378 e. The number of nitrogens with one attached hydrogen (secondary N) is 1. The summed E-state index contributed by atoms with van der Waals surface area (Å²) in [6, 6.07) is 0. The minimum Gasteiger partial charge on any atom is -0.378 e. The highest BCUT2D eigenvalue weighted by molar-refractivity contribution is 5.80. The summed E-state index contributed by atoms with van der Waals surface area (Å²) in [5.41, 5.74) is 0. The Morgan fingerprint density at radius 1 is 1.00 bits per heavy atom. The van der Waals surface area contributed by atoms with E-state index in [0.29, 0.717) is 6.10 Å². The second-order valence-corrected chi connectivity index (χ2v) is 6.65. The first kappa shape index (κ1) is 19.5. The maximum atomic E-state index is 5.75. The molecule has 0 aromatic carbocycles. The number of likely N-dealkylation sites (N-methyl/N-ethyl adjacent to an activating group) is 1. The predicted octanol–water partition coefficient (Wildman–Crippen LogP) is 1.09. The third kappa shape index (κ3) is 6.22. The molecule has 2 fully saturated rings. The number of hydrogen-bond donors (Lipinski definition) is 1. The fourth-order valence-electron chi connectivity index (χ4n) is 3.52. The van der Waals surface area contributed by atoms with Crippen molar-refractivity contribution in [1.82, 2.24) is 20.0 Å². The molecule has 6 nitrogen and oxygen atoms in total. The molecule has 6 heteroatoms. The van der Waals surface area contributed by atoms with Gasteiger partial charge in [0, 0.05) is 59.0 Å². The van der Waals surface area contributed by atoms with Crippen LogP contribution in [0.3, 0.4) is 0 Å². The molecule has 0 aromatic rings. The molecule has 2 aliphatic rings. The van der Waals surface area contributed by atoms with Crippen molar-refractivity contribution in [2.24, 2.45) is 4.99 Å². The average Bonchev–Trinajstić information content (AvgIpc) is 2.62. The van der Waals surface area contributed by atoms with Crippen molar-refractivity contribution in [1.29, 1.82) is 0 Å². The van der Waals surface area contributed by atoms with Gasteiger partial charge in [-0.2, -0.15) is 0 Å². The molecule has 2 heterocycles. The second-order valence-electron chi connectivity index (χ2n) is 6.65. The minimum absolute atomic E-state index is 0.434. The van der Waals surface area contributed by atoms with Crippen molar-refractivity contribution in [2.45, 2.75) is 39.7 Å². The van der Waals surface area contributed by atoms with Crippen LogP contribution in [-0.4, -0.2) is 98.8 Å². The number of hydrogen-bond acceptors (Lipinski definition) is 4. The SMILES string of the molecule is CCNC(=NCCN1CCN(CC)CC1)N1CCC(OCC)CC1. The molecule has 2 rings (SSSR count). The molecule has 0 radical (unpaired) electrons. The van der Waals surface area contributed by atoms with Crippen molar-refractivity contribution in [3.05, 3.63) is 0 Å². The first-order valence-electron chi connectivity index (χ1n) is 9.86. The lowest BCUT2D eigenvalue weighted by Gasteiger charge is -2.35. The van der Waals surface area contributed by atoms with Crippen molar-refractivity contribution >= 4 is 5.96 Å². The maximum Gasteiger partial charge on any atom is 0.193 e. The monoisotopic (exact) mass is 339 g/mol. The van der Waals surface area contributed by atoms with E-state index in [9.17, 15) is 0 Å². The molecule has 2 aliphatic heterocycles. The van der Waals surface area contributed by atoms with Gasteiger partial charge in [-0.1, -0.05) is 6.92 Å². The van der Waals surface area contributed by atoms with Gasteiger partial charge in [0.15, 0.2) is 5.96 Å². The molecule has 0 amide bonds. The number of piperazine rings is 1. The lowest BCUT2D eigenvalue weighted by atomic mass is 10.1. The zero-order valence-corrected chi connectivity index (χ0v) is 16.0. The Bertz CT molecular complexity index is 360. The van der Waals surface area contributed by atoms with Crippen LogP contribution in [0, 0.1) is 0 Å². The molecule has 0 aliphatic carbocycles. The molecule has 140 valence electrons. The molecule has 0 saturated carbocycles. The Balaban J connectivity index is 1.74. The summed E-state index contributed by atoms with van der Waals surface area (Å²) in [6.45, 7) is 18.2. The number of rotatable bonds is 7. The van der Waals surface area contributed by atoms with Gasteiger partial charge in [-0.25, -0.2) is 0 Å². The minimum atomic E-state index is 0.434. The summed E-state index contributed by atoms with van der Waals surface area (Å²) in [7, 11) is 0. The van der Waals surface area contributed by atoms with Crippen LogP contribution in [0.5, 0.6) is 0 Å². The Kier molecular flexibility index (Phi) is 8.84. The normalized spacial score (nSPS) is 22.1. The van der Waals surface area contributed by atoms with Crippen LogP contribution in [0.25, 0.3) is 0 Å². The summed E-state index contributed by atoms with van der Waals surface area (Å²) < 4.78 is 5.75. The van der Waals surface area contributed by atoms with Crippen LogP contribution in [0.1, 0.15) is 33.6 Å². The number of ether oxygens (including phenoxy) is 1. The number of aliphatic imine (C=N–C) groups is 1. The van der Waals surface area contributed by atoms with Crippen molar-refractivity contribution in [3.63, 3.8) is 0 Å². The Morgan fingerprint density at radius 2 is 1.67 bits per heavy atom. The first-order valence-corrected chi connectivity index (χ1v) is 9.86. The molecule has 0 spiro atoms. The standard InChI is InChI=1S/C18H37N5O/c1-4-19-18(23-10-7-17(8-11-23)24-6-3)20-9-12-22-15-13-21(5-2)14-16-22/h17H,4-16H2,1-3H3,(H,19,20). The van der Waals surface area contributed by atoms with E-state index in [2.05, 4.69) is 40.8 Å². The van der Waals surface area contributed by atoms with Gasteiger partial charge in [-0.05, 0) is 33.2 Å². The average molecular weight is 340 g/mol. The summed E-state index contributed by atoms with van der Waals surface area (Å²) in [4.78, 5) is 12.3. The smallest absolute Gasteiger partial charge is 0.193 e. The van der Waals surface area contributed by atoms with E-state index in [1.165, 1.54) is 32.7 Å². The van der Waals surface area contributed by atoms with E-state index >= 15 is 0 Å². The van der Waals surface area contributed by atoms with E-state index in [1.807, 2.05) is 0 Å². The fraction of sp³-hybridized carbons (Fsp3) is 0.944. The molecular formula is C18H37N5O. The highest BCUT2D eigenvalue weighted by Crippen LogP contribution is 2.13. The van der Waals surface area contributed by atoms with Gasteiger partial charge in [-0.15, -0.1) is 0 Å². The van der Waals surface area contributed by atoms with Gasteiger partial charge in [0.25, 0.3) is 0 Å². The van der Waals surface area contributed by atoms with Crippen LogP contribution in [0.4, 0.5) is 0 Å². The van der Waals surface area contributed by atoms with Crippen molar-refractivity contribution in [2.75, 3.05) is 72.1 Å². The van der Waals surface area contributed by atoms with E-state index in [0.717, 1.165) is 58.1 Å². The van der Waals surface area contributed by atoms with E-state index < -0.39 is 0 Å². The lowest BCUT2D eigenvalue weighted by molar-refractivity contribution is 0.0263. The fourth-order valence-corrected chi connectivity index (χ4v) is 3.52. The highest BCUT2D eigenvalue weighted by Gasteiger charge is 2.21. The van der Waals surface area contributed by atoms with Gasteiger partial charge in [0.05, 0.1) is 12.6 Å². The van der Waals surface area contributed by atoms with Crippen LogP contribution in [0.15, 0.2) is 4.99 Å². The molecule has 1 N–H and O–H groups in total. The summed E-state index contributed by atoms with van der Waals surface area (Å²) in [5.74, 6) is 1.08. The maximum absolute atomic E-state index is 5.75. The molecule has 0 aromatic heterocycles. The number of likely N-dealkylation sites (tertiary alicyclic amines) is 1. The van der Waals surface area contributed by atoms with E-state index in [4.69, 9.17) is 9.73 Å². The Labute approximate surface area is 148 Å². The lowest BCUT2D eigenvalue weighted by Crippen LogP contribution is -2.48. The quantitative estimate of drug-likeness (QED) is 0.556. The molecular weight excluding hydrogens is 302 g/mol. The van der Waals surface area contributed by atoms with Crippen LogP contribution < -0.4 is 5.32 Å². The molecule has 0 atom stereocenters. The van der Waals surface area contributed by atoms with Crippen LogP contribution in [0.2, 0.25) is 0 Å². The molecule has 24 heavy (non-hydrogen) atoms. The summed E-state index contributed by atoms with van der Waals surface area (Å²) in [5, 5.41) is 3.46. The van der Waals surface area contributed by atoms with E-state index in [1.54, 1.807) is 0 Å². The van der Waals surface area contributed by atoms with Gasteiger partial charge < -0.3 is 19.9 Å². The van der Waals surface area contributed by atoms with Crippen molar-refractivity contribution in [3.8, 4) is 0 Å². The zero-order chi connectivity index (χ0) is 17.2. The number of piperidine rings is 1. The highest BCUT2D eigenvalue weighted by atomic mass is 16.5. The Morgan fingerprint density at radius 3 is 2.25 bits per heavy atom. The topological polar surface area (TPSA) is 43.3 Å². The third-order valence-electron chi connectivity index (χ3n) is 5.07. The summed E-state index contributed by atoms with van der Waals surface area (Å²) >= 11 is 0. The third-order valence-corrected chi connectivity index (χ3v) is 5.07. The molecule has 2 saturated heterocycles. The second kappa shape index (κ2) is 10.9. The number of guanidine groups is 1. The molecule has 0 unspecified atom stereocenters. The Hall–Kier alpha value is -0.850. The van der Waals surface area contributed by atoms with E-state index in [-0.39, 0.29) is 0 Å². The summed E-state index contributed by atoms with van der Waals surface area (Å²) in [6.07, 6.45) is 2.65. The van der Waals surface area contributed by atoms with Gasteiger partial charge >= 0.3 is 0 Å². The van der Waals surface area contributed by atoms with Gasteiger partial charge in [0.1, 0.15) is 0 Å². The predicted molar refractivity (Wildman–Crippen MR) is 101 cm³/mol. The van der Waals surface area contributed by atoms with Gasteiger partial charge in [-0.3, -0.25) is 9.89 Å². The molecule has 0 bridgehead atoms. The first-order chi connectivity index (χ1) is 11.8. The van der Waals surface area contributed by atoms with Crippen molar-refractivity contribution < 1.29 is 4.74 Å². The van der Waals surface area contributed by atoms with Gasteiger partial charge in [0.2, 0.25) is 0 Å².